The van der Waals surface area contributed by atoms with Gasteiger partial charge in [-0.3, -0.25) is 0 Å². The van der Waals surface area contributed by atoms with Crippen LogP contribution in [0, 0.1) is 0 Å². The number of alkyl carbamates (subject to hydrolysis) is 1. The lowest BCUT2D eigenvalue weighted by molar-refractivity contribution is -0.0201. The monoisotopic (exact) mass is 623 g/mol. The largest absolute Gasteiger partial charge is 0.449 e. The molecule has 0 fully saturated rings. The quantitative estimate of drug-likeness (QED) is 0.122. The van der Waals surface area contributed by atoms with Crippen molar-refractivity contribution in [2.75, 3.05) is 112 Å². The van der Waals surface area contributed by atoms with E-state index in [9.17, 15) is 4.79 Å². The molecule has 0 saturated carbocycles. The molecule has 0 saturated heterocycles. The number of nitrogens with one attached hydrogen (secondary N) is 1. The molecule has 0 radical (unpaired) electrons. The molecule has 1 aliphatic rings. The number of ether oxygens (including phenoxy) is 8. The highest BCUT2D eigenvalue weighted by molar-refractivity contribution is 6.17. The van der Waals surface area contributed by atoms with Crippen molar-refractivity contribution in [1.29, 1.82) is 0 Å². The molecule has 2 aromatic carbocycles. The van der Waals surface area contributed by atoms with Crippen molar-refractivity contribution in [3.63, 3.8) is 0 Å². The molecule has 1 N–H and O–H groups in total. The van der Waals surface area contributed by atoms with Crippen LogP contribution in [0.3, 0.4) is 0 Å². The first-order valence-electron chi connectivity index (χ1n) is 15.0. The standard InChI is InChI=1S/C32H46ClNO9/c33-10-13-37-15-17-39-19-21-41-23-25-42-24-22-40-20-18-38-16-14-36-12-5-11-34-32(35)43-26-31-29-8-3-1-6-27(29)28-7-2-4-9-30(28)31/h1-4,6-9,31H,5,10-26H2,(H,34,35). The number of alkyl halides is 1. The van der Waals surface area contributed by atoms with Crippen molar-refractivity contribution in [3.8, 4) is 11.1 Å². The number of hydrogen-bond acceptors (Lipinski definition) is 9. The van der Waals surface area contributed by atoms with Gasteiger partial charge in [-0.1, -0.05) is 48.5 Å². The third kappa shape index (κ3) is 14.4. The highest BCUT2D eigenvalue weighted by Crippen LogP contribution is 2.44. The van der Waals surface area contributed by atoms with Crippen molar-refractivity contribution in [3.05, 3.63) is 59.7 Å². The Bertz CT molecular complexity index is 967. The number of halogens is 1. The van der Waals surface area contributed by atoms with Gasteiger partial charge in [0.2, 0.25) is 0 Å². The molecule has 3 rings (SSSR count). The Hall–Kier alpha value is -2.28. The number of amides is 1. The molecule has 43 heavy (non-hydrogen) atoms. The molecule has 0 atom stereocenters. The molecule has 10 nitrogen and oxygen atoms in total. The second kappa shape index (κ2) is 23.1. The molecule has 0 aromatic heterocycles. The molecule has 0 aliphatic heterocycles. The molecular formula is C32H46ClNO9. The predicted octanol–water partition coefficient (Wildman–Crippen LogP) is 4.27. The maximum atomic E-state index is 12.2. The molecule has 0 unspecified atom stereocenters. The fourth-order valence-corrected chi connectivity index (χ4v) is 4.60. The van der Waals surface area contributed by atoms with Crippen LogP contribution in [0.4, 0.5) is 4.79 Å². The van der Waals surface area contributed by atoms with Crippen LogP contribution in [-0.4, -0.2) is 118 Å². The van der Waals surface area contributed by atoms with Gasteiger partial charge in [0, 0.05) is 24.9 Å². The number of carbonyl (C=O) groups excluding carboxylic acids is 1. The summed E-state index contributed by atoms with van der Waals surface area (Å²) in [5, 5.41) is 2.80. The number of benzene rings is 2. The van der Waals surface area contributed by atoms with Gasteiger partial charge in [0.1, 0.15) is 6.61 Å². The Morgan fingerprint density at radius 2 is 0.977 bits per heavy atom. The zero-order chi connectivity index (χ0) is 30.2. The number of carbonyl (C=O) groups is 1. The van der Waals surface area contributed by atoms with Gasteiger partial charge in [0.05, 0.1) is 85.9 Å². The molecule has 1 aliphatic carbocycles. The Balaban J connectivity index is 1.03. The maximum absolute atomic E-state index is 12.2. The van der Waals surface area contributed by atoms with Gasteiger partial charge in [-0.2, -0.15) is 0 Å². The molecule has 0 bridgehead atoms. The van der Waals surface area contributed by atoms with Crippen LogP contribution in [0.1, 0.15) is 23.5 Å². The van der Waals surface area contributed by atoms with E-state index in [1.807, 2.05) is 24.3 Å². The summed E-state index contributed by atoms with van der Waals surface area (Å²) in [6, 6.07) is 16.6. The fraction of sp³-hybridized carbons (Fsp3) is 0.594. The first kappa shape index (κ1) is 35.2. The van der Waals surface area contributed by atoms with Crippen LogP contribution < -0.4 is 5.32 Å². The topological polar surface area (TPSA) is 103 Å². The van der Waals surface area contributed by atoms with E-state index < -0.39 is 6.09 Å². The van der Waals surface area contributed by atoms with Crippen LogP contribution in [0.15, 0.2) is 48.5 Å². The summed E-state index contributed by atoms with van der Waals surface area (Å²) in [4.78, 5) is 12.2. The van der Waals surface area contributed by atoms with Crippen LogP contribution in [0.5, 0.6) is 0 Å². The van der Waals surface area contributed by atoms with Crippen molar-refractivity contribution in [1.82, 2.24) is 5.32 Å². The highest BCUT2D eigenvalue weighted by Gasteiger charge is 2.28. The summed E-state index contributed by atoms with van der Waals surface area (Å²) in [6.45, 7) is 7.99. The van der Waals surface area contributed by atoms with Crippen LogP contribution in [-0.2, 0) is 37.9 Å². The summed E-state index contributed by atoms with van der Waals surface area (Å²) in [5.74, 6) is 0.551. The van der Waals surface area contributed by atoms with E-state index in [4.69, 9.17) is 49.5 Å². The van der Waals surface area contributed by atoms with E-state index in [0.29, 0.717) is 118 Å². The van der Waals surface area contributed by atoms with Crippen LogP contribution in [0.25, 0.3) is 11.1 Å². The second-order valence-corrected chi connectivity index (χ2v) is 9.96. The van der Waals surface area contributed by atoms with Gasteiger partial charge in [-0.15, -0.1) is 11.6 Å². The first-order valence-corrected chi connectivity index (χ1v) is 15.5. The minimum absolute atomic E-state index is 0.0558. The lowest BCUT2D eigenvalue weighted by atomic mass is 9.98. The molecule has 1 amide bonds. The van der Waals surface area contributed by atoms with E-state index in [1.165, 1.54) is 22.3 Å². The Kier molecular flexibility index (Phi) is 19.0. The minimum Gasteiger partial charge on any atom is -0.449 e. The highest BCUT2D eigenvalue weighted by atomic mass is 35.5. The van der Waals surface area contributed by atoms with Crippen LogP contribution in [0.2, 0.25) is 0 Å². The van der Waals surface area contributed by atoms with E-state index in [0.717, 1.165) is 0 Å². The van der Waals surface area contributed by atoms with Crippen molar-refractivity contribution >= 4 is 17.7 Å². The van der Waals surface area contributed by atoms with Gasteiger partial charge >= 0.3 is 6.09 Å². The summed E-state index contributed by atoms with van der Waals surface area (Å²) in [6.07, 6.45) is 0.280. The van der Waals surface area contributed by atoms with Gasteiger partial charge in [-0.25, -0.2) is 4.79 Å². The fourth-order valence-electron chi connectivity index (χ4n) is 4.49. The second-order valence-electron chi connectivity index (χ2n) is 9.58. The average Bonchev–Trinajstić information content (AvgIpc) is 3.35. The summed E-state index contributed by atoms with van der Waals surface area (Å²) in [7, 11) is 0. The lowest BCUT2D eigenvalue weighted by Crippen LogP contribution is -2.27. The molecule has 240 valence electrons. The zero-order valence-electron chi connectivity index (χ0n) is 25.0. The first-order chi connectivity index (χ1) is 21.3. The minimum atomic E-state index is -0.411. The molecular weight excluding hydrogens is 578 g/mol. The molecule has 11 heteroatoms. The van der Waals surface area contributed by atoms with E-state index >= 15 is 0 Å². The molecule has 0 spiro atoms. The Morgan fingerprint density at radius 1 is 0.581 bits per heavy atom. The summed E-state index contributed by atoms with van der Waals surface area (Å²) < 4.78 is 43.5. The lowest BCUT2D eigenvalue weighted by Gasteiger charge is -2.14. The molecule has 2 aromatic rings. The van der Waals surface area contributed by atoms with Crippen molar-refractivity contribution in [2.45, 2.75) is 12.3 Å². The van der Waals surface area contributed by atoms with E-state index in [1.54, 1.807) is 0 Å². The summed E-state index contributed by atoms with van der Waals surface area (Å²) >= 11 is 5.51. The normalized spacial score (nSPS) is 12.3. The van der Waals surface area contributed by atoms with Gasteiger partial charge < -0.3 is 43.2 Å². The maximum Gasteiger partial charge on any atom is 0.407 e. The third-order valence-corrected chi connectivity index (χ3v) is 6.69. The summed E-state index contributed by atoms with van der Waals surface area (Å²) in [5.41, 5.74) is 4.82. The van der Waals surface area contributed by atoms with Gasteiger partial charge in [0.15, 0.2) is 0 Å². The third-order valence-electron chi connectivity index (χ3n) is 6.53. The SMILES string of the molecule is O=C(NCCCOCCOCCOCCOCCOCCOCCOCCCl)OCC1c2ccccc2-c2ccccc21. The Labute approximate surface area is 260 Å². The van der Waals surface area contributed by atoms with Crippen LogP contribution >= 0.6 is 11.6 Å². The van der Waals surface area contributed by atoms with E-state index in [2.05, 4.69) is 29.6 Å². The number of fused-ring (bicyclic) bond motifs is 3. The Morgan fingerprint density at radius 3 is 1.42 bits per heavy atom. The zero-order valence-corrected chi connectivity index (χ0v) is 25.7. The number of hydrogen-bond donors (Lipinski definition) is 1. The van der Waals surface area contributed by atoms with E-state index in [-0.39, 0.29) is 5.92 Å². The number of rotatable bonds is 26. The molecule has 0 heterocycles. The average molecular weight is 624 g/mol. The van der Waals surface area contributed by atoms with Crippen molar-refractivity contribution in [2.24, 2.45) is 0 Å². The van der Waals surface area contributed by atoms with Crippen molar-refractivity contribution < 1.29 is 42.7 Å². The smallest absolute Gasteiger partial charge is 0.407 e. The van der Waals surface area contributed by atoms with Gasteiger partial charge in [0.25, 0.3) is 0 Å². The van der Waals surface area contributed by atoms with Gasteiger partial charge in [-0.05, 0) is 28.7 Å². The predicted molar refractivity (Wildman–Crippen MR) is 164 cm³/mol.